The van der Waals surface area contributed by atoms with Gasteiger partial charge in [0.05, 0.1) is 40.3 Å². The van der Waals surface area contributed by atoms with Crippen molar-refractivity contribution in [3.8, 4) is 11.5 Å². The molecule has 448 valence electrons. The highest BCUT2D eigenvalue weighted by Crippen LogP contribution is 2.36. The Morgan fingerprint density at radius 2 is 1.39 bits per heavy atom. The number of carbonyl (C=O) groups is 10. The lowest BCUT2D eigenvalue weighted by molar-refractivity contribution is -0.147. The molecule has 0 saturated heterocycles. The van der Waals surface area contributed by atoms with E-state index in [1.54, 1.807) is 62.1 Å². The predicted octanol–water partition coefficient (Wildman–Crippen LogP) is 4.56. The van der Waals surface area contributed by atoms with Crippen LogP contribution in [0.25, 0.3) is 0 Å². The smallest absolute Gasteiger partial charge is 0.312 e. The number of nitrogens with two attached hydrogens (primary N) is 1. The zero-order chi connectivity index (χ0) is 60.0. The Balaban J connectivity index is 0.904. The average Bonchev–Trinajstić information content (AvgIpc) is 4.21. The zero-order valence-electron chi connectivity index (χ0n) is 47.6. The molecule has 1 aliphatic carbocycles. The van der Waals surface area contributed by atoms with Gasteiger partial charge in [0.15, 0.2) is 23.0 Å². The molecule has 7 N–H and O–H groups in total. The highest BCUT2D eigenvalue weighted by molar-refractivity contribution is 6.12. The number of hydrogen-bond acceptors (Lipinski definition) is 15. The van der Waals surface area contributed by atoms with Crippen LogP contribution in [0.3, 0.4) is 0 Å². The van der Waals surface area contributed by atoms with Gasteiger partial charge in [-0.1, -0.05) is 32.4 Å². The number of fused-ring (bicyclic) bond motifs is 1. The fraction of sp³-hybridized carbons (Fsp3) is 0.492. The van der Waals surface area contributed by atoms with E-state index in [0.29, 0.717) is 112 Å². The molecule has 0 radical (unpaired) electrons. The fourth-order valence-corrected chi connectivity index (χ4v) is 9.64. The van der Waals surface area contributed by atoms with Crippen LogP contribution in [0.5, 0.6) is 11.5 Å². The molecule has 0 saturated carbocycles. The number of carboxylic acid groups (broad SMARTS) is 1. The van der Waals surface area contributed by atoms with Crippen LogP contribution in [0, 0.1) is 5.92 Å². The Hall–Kier alpha value is -8.70. The van der Waals surface area contributed by atoms with Crippen molar-refractivity contribution < 1.29 is 76.7 Å². The first-order valence-corrected chi connectivity index (χ1v) is 27.9. The molecule has 2 aromatic rings. The second-order valence-corrected chi connectivity index (χ2v) is 20.8. The maximum absolute atomic E-state index is 13.6. The van der Waals surface area contributed by atoms with Crippen molar-refractivity contribution in [2.75, 3.05) is 58.9 Å². The minimum absolute atomic E-state index is 0.0579. The van der Waals surface area contributed by atoms with Crippen molar-refractivity contribution in [1.29, 1.82) is 0 Å². The molecule has 0 spiro atoms. The number of anilines is 1. The van der Waals surface area contributed by atoms with E-state index in [0.717, 1.165) is 27.2 Å². The monoisotopic (exact) mass is 1150 g/mol. The third-order valence-electron chi connectivity index (χ3n) is 14.2. The Kier molecular flexibility index (Phi) is 24.1. The summed E-state index contributed by atoms with van der Waals surface area (Å²) in [5.74, 6) is -2.46. The van der Waals surface area contributed by atoms with E-state index < -0.39 is 41.9 Å². The molecule has 0 bridgehead atoms. The molecular formula is C59H76N8O16. The average molecular weight is 1150 g/mol. The second-order valence-electron chi connectivity index (χ2n) is 20.8. The van der Waals surface area contributed by atoms with Crippen molar-refractivity contribution in [2.24, 2.45) is 11.7 Å². The number of imide groups is 1. The molecule has 3 heterocycles. The van der Waals surface area contributed by atoms with Gasteiger partial charge in [-0.25, -0.2) is 4.79 Å². The number of benzene rings is 2. The Labute approximate surface area is 482 Å². The molecule has 2 atom stereocenters. The normalized spacial score (nSPS) is 15.3. The third kappa shape index (κ3) is 19.5. The van der Waals surface area contributed by atoms with Crippen LogP contribution in [-0.2, 0) is 77.1 Å². The van der Waals surface area contributed by atoms with Crippen molar-refractivity contribution in [3.05, 3.63) is 100 Å². The van der Waals surface area contributed by atoms with Gasteiger partial charge < -0.3 is 65.6 Å². The lowest BCUT2D eigenvalue weighted by atomic mass is 10.0. The van der Waals surface area contributed by atoms with E-state index in [4.69, 9.17) is 34.5 Å². The SMILES string of the molecule is COC1=CC2=C(CCC=C1OCCCOc1cc3c(cc1OC)CN(C(=O)CCC(=O)O)C3)CN(C(=O)CCC(=O)OCc1ccc(NC(=O)[C@H](CCCNC(N)=O)NC(=O)[C@@H](NC(=O)CCCCCN3C(=O)C=CC3=O)C(C)C)cc1)C2. The number of ether oxygens (including phenoxy) is 5. The van der Waals surface area contributed by atoms with Crippen LogP contribution in [0.1, 0.15) is 114 Å². The van der Waals surface area contributed by atoms with Gasteiger partial charge in [-0.15, -0.1) is 0 Å². The van der Waals surface area contributed by atoms with Crippen molar-refractivity contribution in [2.45, 2.75) is 129 Å². The highest BCUT2D eigenvalue weighted by Gasteiger charge is 2.31. The van der Waals surface area contributed by atoms with E-state index in [2.05, 4.69) is 21.3 Å². The van der Waals surface area contributed by atoms with Crippen LogP contribution in [0.15, 0.2) is 83.4 Å². The van der Waals surface area contributed by atoms with Gasteiger partial charge in [-0.3, -0.25) is 48.1 Å². The van der Waals surface area contributed by atoms with Gasteiger partial charge in [0, 0.05) is 82.8 Å². The third-order valence-corrected chi connectivity index (χ3v) is 14.2. The Bertz CT molecular complexity index is 2840. The topological polar surface area (TPSA) is 321 Å². The number of hydrogen-bond donors (Lipinski definition) is 6. The summed E-state index contributed by atoms with van der Waals surface area (Å²) in [5, 5.41) is 19.7. The predicted molar refractivity (Wildman–Crippen MR) is 300 cm³/mol. The molecule has 2 aromatic carbocycles. The van der Waals surface area contributed by atoms with E-state index in [1.165, 1.54) is 12.2 Å². The molecule has 0 unspecified atom stereocenters. The molecule has 24 nitrogen and oxygen atoms in total. The summed E-state index contributed by atoms with van der Waals surface area (Å²) < 4.78 is 29.1. The number of primary amides is 1. The number of nitrogens with zero attached hydrogens (tertiary/aromatic N) is 3. The van der Waals surface area contributed by atoms with Gasteiger partial charge in [0.25, 0.3) is 11.8 Å². The van der Waals surface area contributed by atoms with Crippen molar-refractivity contribution in [3.63, 3.8) is 0 Å². The summed E-state index contributed by atoms with van der Waals surface area (Å²) in [6.45, 7) is 5.92. The second kappa shape index (κ2) is 31.5. The van der Waals surface area contributed by atoms with Crippen LogP contribution >= 0.6 is 0 Å². The highest BCUT2D eigenvalue weighted by atomic mass is 16.5. The first-order valence-electron chi connectivity index (χ1n) is 27.9. The minimum Gasteiger partial charge on any atom is -0.493 e. The number of rotatable bonds is 32. The molecule has 24 heteroatoms. The first kappa shape index (κ1) is 63.5. The maximum atomic E-state index is 13.6. The number of carboxylic acids is 1. The van der Waals surface area contributed by atoms with Crippen molar-refractivity contribution >= 4 is 65.0 Å². The number of aliphatic carboxylic acids is 1. The summed E-state index contributed by atoms with van der Waals surface area (Å²) in [5.41, 5.74) is 10.1. The summed E-state index contributed by atoms with van der Waals surface area (Å²) in [6, 6.07) is 7.43. The van der Waals surface area contributed by atoms with Gasteiger partial charge in [0.2, 0.25) is 29.5 Å². The molecule has 0 fully saturated rings. The van der Waals surface area contributed by atoms with E-state index in [-0.39, 0.29) is 100 Å². The number of nitrogens with one attached hydrogen (secondary N) is 4. The molecule has 3 aliphatic heterocycles. The van der Waals surface area contributed by atoms with Gasteiger partial charge in [-0.2, -0.15) is 0 Å². The number of amides is 9. The quantitative estimate of drug-likeness (QED) is 0.0332. The van der Waals surface area contributed by atoms with Gasteiger partial charge in [-0.05, 0) is 109 Å². The number of urea groups is 1. The summed E-state index contributed by atoms with van der Waals surface area (Å²) in [4.78, 5) is 129. The molecule has 4 aliphatic rings. The minimum atomic E-state index is -1.07. The standard InChI is InChI=1S/C59H76N8O16/c1-37(2)56(64-49(68)14-6-5-7-26-67-52(71)19-20-53(67)72)58(77)63-44(12-9-25-61-59(60)78)57(76)62-43-17-15-38(16-18-43)36-83-55(75)24-22-51(70)65-32-39-11-8-13-45(46(79-3)29-40(39)33-65)81-27-10-28-82-48-31-42-35-66(50(69)21-23-54(73)74)34-41(42)30-47(48)80-4/h13,15-20,29-31,37,44,56H,5-12,14,21-28,32-36H2,1-4H3,(H,62,76)(H,63,77)(H,64,68)(H,73,74)(H3,60,61,78)/t44-,56-/m0/s1. The number of unbranched alkanes of at least 4 members (excludes halogenated alkanes) is 2. The largest absolute Gasteiger partial charge is 0.493 e. The lowest BCUT2D eigenvalue weighted by Crippen LogP contribution is -2.54. The molecule has 9 amide bonds. The van der Waals surface area contributed by atoms with Gasteiger partial charge >= 0.3 is 18.0 Å². The Morgan fingerprint density at radius 1 is 0.711 bits per heavy atom. The number of methoxy groups -OCH3 is 2. The van der Waals surface area contributed by atoms with Crippen molar-refractivity contribution in [1.82, 2.24) is 30.7 Å². The number of allylic oxidation sites excluding steroid dienone is 1. The van der Waals surface area contributed by atoms with E-state index in [9.17, 15) is 47.9 Å². The zero-order valence-corrected chi connectivity index (χ0v) is 47.6. The molecule has 6 rings (SSSR count). The molecule has 0 aromatic heterocycles. The molecular weight excluding hydrogens is 1080 g/mol. The van der Waals surface area contributed by atoms with Crippen LogP contribution in [0.4, 0.5) is 10.5 Å². The Morgan fingerprint density at radius 3 is 2.05 bits per heavy atom. The number of esters is 1. The maximum Gasteiger partial charge on any atom is 0.312 e. The van der Waals surface area contributed by atoms with Crippen LogP contribution < -0.4 is 36.5 Å². The van der Waals surface area contributed by atoms with Crippen LogP contribution in [0.2, 0.25) is 0 Å². The van der Waals surface area contributed by atoms with Gasteiger partial charge in [0.1, 0.15) is 18.7 Å². The summed E-state index contributed by atoms with van der Waals surface area (Å²) >= 11 is 0. The van der Waals surface area contributed by atoms with Crippen LogP contribution in [-0.4, -0.2) is 145 Å². The summed E-state index contributed by atoms with van der Waals surface area (Å²) in [7, 11) is 3.09. The molecule has 83 heavy (non-hydrogen) atoms. The first-order chi connectivity index (χ1) is 39.8. The summed E-state index contributed by atoms with van der Waals surface area (Å²) in [6.07, 6.45) is 9.72. The van der Waals surface area contributed by atoms with E-state index >= 15 is 0 Å². The van der Waals surface area contributed by atoms with E-state index in [1.807, 2.05) is 24.3 Å². The fourth-order valence-electron chi connectivity index (χ4n) is 9.64. The lowest BCUT2D eigenvalue weighted by Gasteiger charge is -2.25. The number of carbonyl (C=O) groups excluding carboxylic acids is 9.